The van der Waals surface area contributed by atoms with Gasteiger partial charge in [0.05, 0.1) is 11.1 Å². The van der Waals surface area contributed by atoms with Crippen LogP contribution in [0.15, 0.2) is 0 Å². The molecule has 0 radical (unpaired) electrons. The first kappa shape index (κ1) is 15.8. The van der Waals surface area contributed by atoms with Gasteiger partial charge in [0.15, 0.2) is 12.1 Å². The second kappa shape index (κ2) is 5.41. The van der Waals surface area contributed by atoms with Crippen LogP contribution in [0.1, 0.15) is 60.5 Å². The molecular formula is C18H25N3O3. The van der Waals surface area contributed by atoms with Crippen LogP contribution in [0.2, 0.25) is 0 Å². The van der Waals surface area contributed by atoms with E-state index in [-0.39, 0.29) is 5.41 Å². The van der Waals surface area contributed by atoms with E-state index in [0.29, 0.717) is 5.82 Å². The molecule has 24 heavy (non-hydrogen) atoms. The molecule has 1 aromatic rings. The topological polar surface area (TPSA) is 75.4 Å². The number of nitrogens with zero attached hydrogens (tertiary/aromatic N) is 3. The zero-order valence-electron chi connectivity index (χ0n) is 14.3. The van der Waals surface area contributed by atoms with Gasteiger partial charge in [0.2, 0.25) is 0 Å². The van der Waals surface area contributed by atoms with E-state index in [2.05, 4.69) is 9.88 Å². The molecule has 2 aliphatic carbocycles. The first-order valence-corrected chi connectivity index (χ1v) is 8.92. The third-order valence-electron chi connectivity index (χ3n) is 6.87. The molecule has 0 aromatic carbocycles. The Hall–Kier alpha value is -1.69. The number of carboxylic acid groups (broad SMARTS) is 1. The Bertz CT molecular complexity index is 686. The summed E-state index contributed by atoms with van der Waals surface area (Å²) in [4.78, 5) is 29.5. The molecule has 0 saturated heterocycles. The van der Waals surface area contributed by atoms with Crippen LogP contribution in [-0.2, 0) is 24.8 Å². The van der Waals surface area contributed by atoms with Crippen LogP contribution in [-0.4, -0.2) is 44.9 Å². The van der Waals surface area contributed by atoms with Gasteiger partial charge in [-0.15, -0.1) is 0 Å². The van der Waals surface area contributed by atoms with Gasteiger partial charge in [-0.25, -0.2) is 4.98 Å². The van der Waals surface area contributed by atoms with E-state index in [1.165, 1.54) is 5.69 Å². The molecular weight excluding hydrogens is 306 g/mol. The van der Waals surface area contributed by atoms with Crippen molar-refractivity contribution in [1.29, 1.82) is 0 Å². The average Bonchev–Trinajstić information content (AvgIpc) is 3.24. The van der Waals surface area contributed by atoms with Crippen molar-refractivity contribution in [2.45, 2.75) is 51.5 Å². The average molecular weight is 331 g/mol. The number of rotatable bonds is 5. The van der Waals surface area contributed by atoms with Crippen LogP contribution >= 0.6 is 0 Å². The van der Waals surface area contributed by atoms with Gasteiger partial charge in [-0.3, -0.25) is 14.5 Å². The number of carboxylic acids is 1. The highest BCUT2D eigenvalue weighted by Crippen LogP contribution is 2.63. The first-order valence-electron chi connectivity index (χ1n) is 8.92. The molecule has 3 aliphatic rings. The summed E-state index contributed by atoms with van der Waals surface area (Å²) in [5.41, 5.74) is 2.03. The number of carbonyl (C=O) groups excluding carboxylic acids is 1. The lowest BCUT2D eigenvalue weighted by molar-refractivity contribution is -0.148. The summed E-state index contributed by atoms with van der Waals surface area (Å²) in [6, 6.07) is 0. The number of aldehydes is 1. The van der Waals surface area contributed by atoms with Crippen LogP contribution in [0.5, 0.6) is 0 Å². The second-order valence-corrected chi connectivity index (χ2v) is 8.08. The minimum Gasteiger partial charge on any atom is -0.481 e. The molecule has 0 spiro atoms. The van der Waals surface area contributed by atoms with E-state index >= 15 is 0 Å². The van der Waals surface area contributed by atoms with E-state index in [4.69, 9.17) is 0 Å². The lowest BCUT2D eigenvalue weighted by Gasteiger charge is -2.32. The Kier molecular flexibility index (Phi) is 3.56. The highest BCUT2D eigenvalue weighted by Gasteiger charge is 2.57. The summed E-state index contributed by atoms with van der Waals surface area (Å²) in [7, 11) is 1.91. The molecule has 6 heteroatoms. The summed E-state index contributed by atoms with van der Waals surface area (Å²) >= 11 is 0. The molecule has 130 valence electrons. The number of carbonyl (C=O) groups is 2. The molecule has 4 rings (SSSR count). The molecule has 1 aliphatic heterocycles. The standard InChI is InChI=1S/C18H25N3O3/c1-20-14-2-8-21(10-13(14)19-15(20)11-22)9-7-17-3-5-18(12-17,6-4-17)16(23)24/h11H,2-10,12H2,1H3,(H,23,24). The molecule has 6 nitrogen and oxygen atoms in total. The van der Waals surface area contributed by atoms with Crippen molar-refractivity contribution in [2.24, 2.45) is 17.9 Å². The van der Waals surface area contributed by atoms with Crippen LogP contribution in [0.25, 0.3) is 0 Å². The Balaban J connectivity index is 1.40. The molecule has 0 atom stereocenters. The molecule has 0 amide bonds. The van der Waals surface area contributed by atoms with Crippen LogP contribution in [0.3, 0.4) is 0 Å². The van der Waals surface area contributed by atoms with Gasteiger partial charge in [-0.05, 0) is 50.5 Å². The van der Waals surface area contributed by atoms with E-state index < -0.39 is 11.4 Å². The SMILES string of the molecule is Cn1c(C=O)nc2c1CCN(CCC13CCC(C(=O)O)(CC1)C3)C2. The molecule has 2 fully saturated rings. The number of hydrogen-bond acceptors (Lipinski definition) is 4. The summed E-state index contributed by atoms with van der Waals surface area (Å²) in [5.74, 6) is -0.0716. The van der Waals surface area contributed by atoms with E-state index in [9.17, 15) is 14.7 Å². The van der Waals surface area contributed by atoms with Crippen molar-refractivity contribution in [3.8, 4) is 0 Å². The third-order valence-corrected chi connectivity index (χ3v) is 6.87. The maximum Gasteiger partial charge on any atom is 0.309 e. The summed E-state index contributed by atoms with van der Waals surface area (Å²) < 4.78 is 1.91. The monoisotopic (exact) mass is 331 g/mol. The fourth-order valence-corrected chi connectivity index (χ4v) is 5.25. The van der Waals surface area contributed by atoms with Crippen LogP contribution in [0.4, 0.5) is 0 Å². The fourth-order valence-electron chi connectivity index (χ4n) is 5.25. The molecule has 2 saturated carbocycles. The largest absolute Gasteiger partial charge is 0.481 e. The van der Waals surface area contributed by atoms with Crippen molar-refractivity contribution in [1.82, 2.24) is 14.5 Å². The van der Waals surface area contributed by atoms with Gasteiger partial charge in [-0.1, -0.05) is 0 Å². The number of aromatic nitrogens is 2. The number of hydrogen-bond donors (Lipinski definition) is 1. The van der Waals surface area contributed by atoms with Crippen LogP contribution < -0.4 is 0 Å². The zero-order valence-corrected chi connectivity index (χ0v) is 14.3. The van der Waals surface area contributed by atoms with E-state index in [1.54, 1.807) is 0 Å². The van der Waals surface area contributed by atoms with Crippen molar-refractivity contribution < 1.29 is 14.7 Å². The number of imidazole rings is 1. The molecule has 2 bridgehead atoms. The van der Waals surface area contributed by atoms with Crippen molar-refractivity contribution in [2.75, 3.05) is 13.1 Å². The summed E-state index contributed by atoms with van der Waals surface area (Å²) in [5, 5.41) is 9.53. The normalized spacial score (nSPS) is 32.0. The lowest BCUT2D eigenvalue weighted by Crippen LogP contribution is -2.34. The maximum absolute atomic E-state index is 11.6. The highest BCUT2D eigenvalue weighted by molar-refractivity contribution is 5.76. The van der Waals surface area contributed by atoms with E-state index in [1.807, 2.05) is 11.6 Å². The Labute approximate surface area is 141 Å². The summed E-state index contributed by atoms with van der Waals surface area (Å²) in [6.45, 7) is 2.80. The van der Waals surface area contributed by atoms with Gasteiger partial charge in [-0.2, -0.15) is 0 Å². The van der Waals surface area contributed by atoms with Crippen molar-refractivity contribution in [3.05, 3.63) is 17.2 Å². The van der Waals surface area contributed by atoms with E-state index in [0.717, 1.165) is 76.6 Å². The molecule has 1 N–H and O–H groups in total. The van der Waals surface area contributed by atoms with Crippen LogP contribution in [0, 0.1) is 10.8 Å². The van der Waals surface area contributed by atoms with Gasteiger partial charge < -0.3 is 9.67 Å². The second-order valence-electron chi connectivity index (χ2n) is 8.08. The zero-order chi connectivity index (χ0) is 16.9. The Morgan fingerprint density at radius 3 is 2.71 bits per heavy atom. The predicted molar refractivity (Wildman–Crippen MR) is 87.8 cm³/mol. The van der Waals surface area contributed by atoms with Crippen molar-refractivity contribution >= 4 is 12.3 Å². The Morgan fingerprint density at radius 2 is 2.08 bits per heavy atom. The minimum absolute atomic E-state index is 0.247. The Morgan fingerprint density at radius 1 is 1.33 bits per heavy atom. The summed E-state index contributed by atoms with van der Waals surface area (Å²) in [6.07, 6.45) is 7.56. The molecule has 2 heterocycles. The molecule has 1 aromatic heterocycles. The number of aliphatic carboxylic acids is 1. The highest BCUT2D eigenvalue weighted by atomic mass is 16.4. The van der Waals surface area contributed by atoms with Crippen molar-refractivity contribution in [3.63, 3.8) is 0 Å². The minimum atomic E-state index is -0.584. The maximum atomic E-state index is 11.6. The third kappa shape index (κ3) is 2.31. The fraction of sp³-hybridized carbons (Fsp3) is 0.722. The quantitative estimate of drug-likeness (QED) is 0.836. The lowest BCUT2D eigenvalue weighted by atomic mass is 9.80. The van der Waals surface area contributed by atoms with Gasteiger partial charge in [0.1, 0.15) is 0 Å². The number of fused-ring (bicyclic) bond motifs is 3. The van der Waals surface area contributed by atoms with Gasteiger partial charge in [0, 0.05) is 32.3 Å². The predicted octanol–water partition coefficient (Wildman–Crippen LogP) is 2.02. The first-order chi connectivity index (χ1) is 11.5. The molecule has 0 unspecified atom stereocenters. The smallest absolute Gasteiger partial charge is 0.309 e. The van der Waals surface area contributed by atoms with Gasteiger partial charge >= 0.3 is 5.97 Å². The van der Waals surface area contributed by atoms with Gasteiger partial charge in [0.25, 0.3) is 0 Å².